The SMILES string of the molecule is NC1CCC1c1ccccc1OC(F)(F)F. The first kappa shape index (κ1) is 11.3. The van der Waals surface area contributed by atoms with Gasteiger partial charge in [-0.3, -0.25) is 0 Å². The number of benzene rings is 1. The van der Waals surface area contributed by atoms with Crippen molar-refractivity contribution in [3.63, 3.8) is 0 Å². The lowest BCUT2D eigenvalue weighted by atomic mass is 9.75. The zero-order chi connectivity index (χ0) is 11.8. The fourth-order valence-electron chi connectivity index (χ4n) is 1.92. The van der Waals surface area contributed by atoms with Crippen LogP contribution in [-0.2, 0) is 0 Å². The molecule has 1 aromatic carbocycles. The molecule has 2 unspecified atom stereocenters. The molecule has 5 heteroatoms. The van der Waals surface area contributed by atoms with Crippen LogP contribution in [0.1, 0.15) is 24.3 Å². The monoisotopic (exact) mass is 231 g/mol. The van der Waals surface area contributed by atoms with E-state index in [1.807, 2.05) is 0 Å². The Hall–Kier alpha value is -1.23. The Labute approximate surface area is 91.2 Å². The Morgan fingerprint density at radius 2 is 1.88 bits per heavy atom. The Morgan fingerprint density at radius 1 is 1.19 bits per heavy atom. The highest BCUT2D eigenvalue weighted by molar-refractivity contribution is 5.38. The first-order valence-electron chi connectivity index (χ1n) is 5.07. The van der Waals surface area contributed by atoms with Gasteiger partial charge in [-0.15, -0.1) is 13.2 Å². The number of para-hydroxylation sites is 1. The number of ether oxygens (including phenoxy) is 1. The molecular formula is C11H12F3NO. The maximum atomic E-state index is 12.2. The normalized spacial score (nSPS) is 25.0. The summed E-state index contributed by atoms with van der Waals surface area (Å²) in [4.78, 5) is 0. The summed E-state index contributed by atoms with van der Waals surface area (Å²) in [6.07, 6.45) is -2.98. The zero-order valence-corrected chi connectivity index (χ0v) is 8.50. The molecule has 2 rings (SSSR count). The van der Waals surface area contributed by atoms with E-state index in [0.717, 1.165) is 12.8 Å². The second kappa shape index (κ2) is 3.97. The first-order chi connectivity index (χ1) is 7.47. The van der Waals surface area contributed by atoms with Gasteiger partial charge in [-0.25, -0.2) is 0 Å². The van der Waals surface area contributed by atoms with E-state index in [1.54, 1.807) is 12.1 Å². The van der Waals surface area contributed by atoms with Crippen molar-refractivity contribution in [2.24, 2.45) is 5.73 Å². The van der Waals surface area contributed by atoms with Gasteiger partial charge in [0.05, 0.1) is 0 Å². The third kappa shape index (κ3) is 2.29. The number of hydrogen-bond acceptors (Lipinski definition) is 2. The van der Waals surface area contributed by atoms with Crippen LogP contribution in [0.15, 0.2) is 24.3 Å². The molecule has 16 heavy (non-hydrogen) atoms. The van der Waals surface area contributed by atoms with Crippen LogP contribution in [0.5, 0.6) is 5.75 Å². The van der Waals surface area contributed by atoms with E-state index in [1.165, 1.54) is 12.1 Å². The molecule has 2 atom stereocenters. The number of halogens is 3. The zero-order valence-electron chi connectivity index (χ0n) is 8.50. The minimum Gasteiger partial charge on any atom is -0.405 e. The van der Waals surface area contributed by atoms with Gasteiger partial charge in [0.1, 0.15) is 5.75 Å². The number of rotatable bonds is 2. The van der Waals surface area contributed by atoms with Crippen molar-refractivity contribution < 1.29 is 17.9 Å². The maximum absolute atomic E-state index is 12.2. The van der Waals surface area contributed by atoms with Gasteiger partial charge in [-0.1, -0.05) is 18.2 Å². The van der Waals surface area contributed by atoms with Gasteiger partial charge in [0.25, 0.3) is 0 Å². The average molecular weight is 231 g/mol. The third-order valence-corrected chi connectivity index (χ3v) is 2.87. The number of hydrogen-bond donors (Lipinski definition) is 1. The molecule has 1 saturated carbocycles. The van der Waals surface area contributed by atoms with Crippen LogP contribution in [0.3, 0.4) is 0 Å². The van der Waals surface area contributed by atoms with Crippen LogP contribution in [0.25, 0.3) is 0 Å². The first-order valence-corrected chi connectivity index (χ1v) is 5.07. The minimum atomic E-state index is -4.65. The highest BCUT2D eigenvalue weighted by Gasteiger charge is 2.36. The smallest absolute Gasteiger partial charge is 0.405 e. The average Bonchev–Trinajstić information content (AvgIpc) is 2.16. The summed E-state index contributed by atoms with van der Waals surface area (Å²) in [5.74, 6) is -0.145. The number of alkyl halides is 3. The van der Waals surface area contributed by atoms with E-state index < -0.39 is 6.36 Å². The standard InChI is InChI=1S/C11H12F3NO/c12-11(13,14)16-10-4-2-1-3-8(10)7-5-6-9(7)15/h1-4,7,9H,5-6,15H2. The summed E-state index contributed by atoms with van der Waals surface area (Å²) in [5.41, 5.74) is 6.30. The molecule has 1 aliphatic rings. The molecule has 1 aromatic rings. The topological polar surface area (TPSA) is 35.2 Å². The van der Waals surface area contributed by atoms with Crippen LogP contribution >= 0.6 is 0 Å². The van der Waals surface area contributed by atoms with Crippen molar-refractivity contribution >= 4 is 0 Å². The summed E-state index contributed by atoms with van der Waals surface area (Å²) in [5, 5.41) is 0. The van der Waals surface area contributed by atoms with Gasteiger partial charge in [0, 0.05) is 12.0 Å². The molecule has 0 heterocycles. The third-order valence-electron chi connectivity index (χ3n) is 2.87. The fourth-order valence-corrected chi connectivity index (χ4v) is 1.92. The predicted molar refractivity (Wildman–Crippen MR) is 53.1 cm³/mol. The summed E-state index contributed by atoms with van der Waals surface area (Å²) in [6, 6.07) is 6.13. The lowest BCUT2D eigenvalue weighted by Crippen LogP contribution is -2.37. The van der Waals surface area contributed by atoms with Crippen molar-refractivity contribution in [2.75, 3.05) is 0 Å². The van der Waals surface area contributed by atoms with Crippen LogP contribution in [0.4, 0.5) is 13.2 Å². The summed E-state index contributed by atoms with van der Waals surface area (Å²) in [7, 11) is 0. The number of nitrogens with two attached hydrogens (primary N) is 1. The molecule has 0 radical (unpaired) electrons. The molecule has 0 aromatic heterocycles. The molecule has 0 aliphatic heterocycles. The van der Waals surface area contributed by atoms with Crippen LogP contribution in [-0.4, -0.2) is 12.4 Å². The van der Waals surface area contributed by atoms with Gasteiger partial charge in [0.2, 0.25) is 0 Å². The highest BCUT2D eigenvalue weighted by atomic mass is 19.4. The molecule has 2 nitrogen and oxygen atoms in total. The Balaban J connectivity index is 2.24. The van der Waals surface area contributed by atoms with Gasteiger partial charge in [0.15, 0.2) is 0 Å². The Bertz CT molecular complexity index is 378. The van der Waals surface area contributed by atoms with Crippen LogP contribution in [0, 0.1) is 0 Å². The summed E-state index contributed by atoms with van der Waals surface area (Å²) in [6.45, 7) is 0. The van der Waals surface area contributed by atoms with Crippen LogP contribution < -0.4 is 10.5 Å². The van der Waals surface area contributed by atoms with Crippen molar-refractivity contribution in [1.82, 2.24) is 0 Å². The molecule has 88 valence electrons. The van der Waals surface area contributed by atoms with E-state index in [9.17, 15) is 13.2 Å². The summed E-state index contributed by atoms with van der Waals surface area (Å²) < 4.78 is 40.4. The molecule has 0 amide bonds. The Kier molecular flexibility index (Phi) is 2.80. The molecular weight excluding hydrogens is 219 g/mol. The second-order valence-electron chi connectivity index (χ2n) is 3.93. The highest BCUT2D eigenvalue weighted by Crippen LogP contribution is 2.41. The van der Waals surface area contributed by atoms with E-state index in [2.05, 4.69) is 4.74 Å². The van der Waals surface area contributed by atoms with Crippen molar-refractivity contribution in [3.05, 3.63) is 29.8 Å². The van der Waals surface area contributed by atoms with Crippen molar-refractivity contribution in [1.29, 1.82) is 0 Å². The van der Waals surface area contributed by atoms with Crippen LogP contribution in [0.2, 0.25) is 0 Å². The molecule has 2 N–H and O–H groups in total. The molecule has 1 fully saturated rings. The van der Waals surface area contributed by atoms with E-state index >= 15 is 0 Å². The summed E-state index contributed by atoms with van der Waals surface area (Å²) >= 11 is 0. The van der Waals surface area contributed by atoms with Crippen molar-refractivity contribution in [3.8, 4) is 5.75 Å². The predicted octanol–water partition coefficient (Wildman–Crippen LogP) is 2.79. The maximum Gasteiger partial charge on any atom is 0.573 e. The largest absolute Gasteiger partial charge is 0.573 e. The van der Waals surface area contributed by atoms with E-state index in [4.69, 9.17) is 5.73 Å². The lowest BCUT2D eigenvalue weighted by Gasteiger charge is -2.34. The van der Waals surface area contributed by atoms with Crippen molar-refractivity contribution in [2.45, 2.75) is 31.2 Å². The van der Waals surface area contributed by atoms with Gasteiger partial charge >= 0.3 is 6.36 Å². The molecule has 0 saturated heterocycles. The quantitative estimate of drug-likeness (QED) is 0.849. The minimum absolute atomic E-state index is 0.0152. The van der Waals surface area contributed by atoms with Gasteiger partial charge in [-0.05, 0) is 24.5 Å². The van der Waals surface area contributed by atoms with Gasteiger partial charge < -0.3 is 10.5 Å². The second-order valence-corrected chi connectivity index (χ2v) is 3.93. The Morgan fingerprint density at radius 3 is 2.38 bits per heavy atom. The molecule has 0 bridgehead atoms. The fraction of sp³-hybridized carbons (Fsp3) is 0.455. The van der Waals surface area contributed by atoms with Gasteiger partial charge in [-0.2, -0.15) is 0 Å². The molecule has 1 aliphatic carbocycles. The van der Waals surface area contributed by atoms with E-state index in [-0.39, 0.29) is 17.7 Å². The lowest BCUT2D eigenvalue weighted by molar-refractivity contribution is -0.275. The molecule has 0 spiro atoms. The van der Waals surface area contributed by atoms with E-state index in [0.29, 0.717) is 5.56 Å².